The van der Waals surface area contributed by atoms with Gasteiger partial charge in [0.1, 0.15) is 12.4 Å². The zero-order valence-corrected chi connectivity index (χ0v) is 22.7. The fourth-order valence-electron chi connectivity index (χ4n) is 5.77. The van der Waals surface area contributed by atoms with E-state index in [1.807, 2.05) is 38.1 Å². The van der Waals surface area contributed by atoms with Crippen molar-refractivity contribution in [2.75, 3.05) is 19.6 Å². The highest BCUT2D eigenvalue weighted by Gasteiger charge is 2.33. The Labute approximate surface area is 228 Å². The van der Waals surface area contributed by atoms with E-state index in [1.165, 1.54) is 4.57 Å². The lowest BCUT2D eigenvalue weighted by Gasteiger charge is -2.40. The van der Waals surface area contributed by atoms with E-state index in [0.717, 1.165) is 50.9 Å². The van der Waals surface area contributed by atoms with Gasteiger partial charge in [-0.25, -0.2) is 4.98 Å². The van der Waals surface area contributed by atoms with Crippen LogP contribution in [0.1, 0.15) is 51.0 Å². The lowest BCUT2D eigenvalue weighted by molar-refractivity contribution is -0.122. The van der Waals surface area contributed by atoms with Crippen LogP contribution in [0.5, 0.6) is 0 Å². The van der Waals surface area contributed by atoms with Crippen molar-refractivity contribution >= 4 is 28.4 Å². The summed E-state index contributed by atoms with van der Waals surface area (Å²) in [6, 6.07) is 15.6. The average molecular weight is 532 g/mol. The van der Waals surface area contributed by atoms with Crippen molar-refractivity contribution in [1.82, 2.24) is 19.8 Å². The summed E-state index contributed by atoms with van der Waals surface area (Å²) in [4.78, 5) is 33.8. The van der Waals surface area contributed by atoms with Crippen LogP contribution in [-0.4, -0.2) is 46.0 Å². The highest BCUT2D eigenvalue weighted by Crippen LogP contribution is 2.42. The Bertz CT molecular complexity index is 1430. The van der Waals surface area contributed by atoms with Crippen molar-refractivity contribution in [2.24, 2.45) is 11.8 Å². The standard InChI is InChI=1S/C30H34ClN5O2/c1-19(2)33-28(37)18-36-29(23-4-3-5-25(31)14-23)34-27-7-6-22(15-26(27)30(36)38)24-12-21(13-24)17-35-10-8-20(16-32)9-11-35/h3-7,14-15,19-21,24H,8-13,17-18H2,1-2H3,(H,33,37). The number of carbonyl (C=O) groups is 1. The van der Waals surface area contributed by atoms with Crippen molar-refractivity contribution in [3.8, 4) is 17.5 Å². The van der Waals surface area contributed by atoms with Crippen LogP contribution in [0.4, 0.5) is 0 Å². The van der Waals surface area contributed by atoms with E-state index in [1.54, 1.807) is 12.1 Å². The number of fused-ring (bicyclic) bond motifs is 1. The highest BCUT2D eigenvalue weighted by atomic mass is 35.5. The molecule has 3 aromatic rings. The summed E-state index contributed by atoms with van der Waals surface area (Å²) < 4.78 is 1.46. The number of nitriles is 1. The van der Waals surface area contributed by atoms with E-state index in [4.69, 9.17) is 21.8 Å². The molecule has 8 heteroatoms. The predicted molar refractivity (Wildman–Crippen MR) is 150 cm³/mol. The molecular formula is C30H34ClN5O2. The minimum atomic E-state index is -0.233. The zero-order chi connectivity index (χ0) is 26.8. The van der Waals surface area contributed by atoms with Gasteiger partial charge in [0.15, 0.2) is 0 Å². The molecule has 2 heterocycles. The Morgan fingerprint density at radius 2 is 1.95 bits per heavy atom. The smallest absolute Gasteiger partial charge is 0.262 e. The van der Waals surface area contributed by atoms with Gasteiger partial charge in [-0.05, 0) is 94.3 Å². The first-order valence-corrected chi connectivity index (χ1v) is 13.9. The summed E-state index contributed by atoms with van der Waals surface area (Å²) in [5, 5.41) is 13.1. The maximum atomic E-state index is 13.8. The van der Waals surface area contributed by atoms with Gasteiger partial charge < -0.3 is 10.2 Å². The average Bonchev–Trinajstić information content (AvgIpc) is 2.87. The molecule has 1 saturated carbocycles. The number of nitrogens with one attached hydrogen (secondary N) is 1. The highest BCUT2D eigenvalue weighted by molar-refractivity contribution is 6.30. The van der Waals surface area contributed by atoms with Gasteiger partial charge >= 0.3 is 0 Å². The molecule has 1 amide bonds. The normalized spacial score (nSPS) is 20.3. The van der Waals surface area contributed by atoms with Crippen LogP contribution in [0.3, 0.4) is 0 Å². The van der Waals surface area contributed by atoms with E-state index in [2.05, 4.69) is 22.4 Å². The fraction of sp³-hybridized carbons (Fsp3) is 0.467. The van der Waals surface area contributed by atoms with E-state index >= 15 is 0 Å². The van der Waals surface area contributed by atoms with Gasteiger partial charge in [0.25, 0.3) is 5.56 Å². The quantitative estimate of drug-likeness (QED) is 0.465. The zero-order valence-electron chi connectivity index (χ0n) is 22.0. The lowest BCUT2D eigenvalue weighted by Crippen LogP contribution is -2.40. The summed E-state index contributed by atoms with van der Waals surface area (Å²) in [7, 11) is 0. The molecule has 2 aromatic carbocycles. The maximum absolute atomic E-state index is 13.8. The molecule has 1 aromatic heterocycles. The van der Waals surface area contributed by atoms with Gasteiger partial charge in [0.2, 0.25) is 5.91 Å². The molecular weight excluding hydrogens is 498 g/mol. The van der Waals surface area contributed by atoms with Crippen LogP contribution in [0, 0.1) is 23.2 Å². The topological polar surface area (TPSA) is 91.0 Å². The van der Waals surface area contributed by atoms with Crippen LogP contribution in [0.15, 0.2) is 47.3 Å². The van der Waals surface area contributed by atoms with Gasteiger partial charge in [0, 0.05) is 29.1 Å². The van der Waals surface area contributed by atoms with E-state index < -0.39 is 0 Å². The molecule has 1 N–H and O–H groups in total. The largest absolute Gasteiger partial charge is 0.352 e. The third kappa shape index (κ3) is 5.77. The van der Waals surface area contributed by atoms with Crippen molar-refractivity contribution < 1.29 is 4.79 Å². The first-order chi connectivity index (χ1) is 18.3. The Morgan fingerprint density at radius 1 is 1.18 bits per heavy atom. The lowest BCUT2D eigenvalue weighted by atomic mass is 9.71. The fourth-order valence-corrected chi connectivity index (χ4v) is 5.96. The Balaban J connectivity index is 1.39. The van der Waals surface area contributed by atoms with Crippen LogP contribution in [0.25, 0.3) is 22.3 Å². The Hall–Kier alpha value is -3.21. The molecule has 0 atom stereocenters. The monoisotopic (exact) mass is 531 g/mol. The maximum Gasteiger partial charge on any atom is 0.262 e. The predicted octanol–water partition coefficient (Wildman–Crippen LogP) is 4.97. The summed E-state index contributed by atoms with van der Waals surface area (Å²) in [6.45, 7) is 6.79. The number of amides is 1. The number of hydrogen-bond donors (Lipinski definition) is 1. The van der Waals surface area contributed by atoms with Gasteiger partial charge in [-0.15, -0.1) is 0 Å². The van der Waals surface area contributed by atoms with Crippen LogP contribution < -0.4 is 10.9 Å². The van der Waals surface area contributed by atoms with Crippen molar-refractivity contribution in [3.63, 3.8) is 0 Å². The van der Waals surface area contributed by atoms with E-state index in [9.17, 15) is 9.59 Å². The first kappa shape index (κ1) is 26.4. The number of hydrogen-bond acceptors (Lipinski definition) is 5. The SMILES string of the molecule is CC(C)NC(=O)Cn1c(-c2cccc(Cl)c2)nc2ccc(C3CC(CN4CCC(C#N)CC4)C3)cc2c1=O. The van der Waals surface area contributed by atoms with E-state index in [-0.39, 0.29) is 30.0 Å². The first-order valence-electron chi connectivity index (χ1n) is 13.5. The van der Waals surface area contributed by atoms with Crippen molar-refractivity contribution in [3.05, 3.63) is 63.4 Å². The third-order valence-electron chi connectivity index (χ3n) is 7.81. The molecule has 38 heavy (non-hydrogen) atoms. The van der Waals surface area contributed by atoms with Gasteiger partial charge in [-0.3, -0.25) is 14.2 Å². The number of rotatable bonds is 7. The molecule has 5 rings (SSSR count). The summed E-state index contributed by atoms with van der Waals surface area (Å²) in [6.07, 6.45) is 4.15. The number of halogens is 1. The third-order valence-corrected chi connectivity index (χ3v) is 8.04. The molecule has 1 aliphatic heterocycles. The number of carbonyl (C=O) groups excluding carboxylic acids is 1. The molecule has 2 aliphatic rings. The molecule has 198 valence electrons. The van der Waals surface area contributed by atoms with Gasteiger partial charge in [-0.2, -0.15) is 5.26 Å². The Kier molecular flexibility index (Phi) is 7.83. The number of aromatic nitrogens is 2. The molecule has 7 nitrogen and oxygen atoms in total. The van der Waals surface area contributed by atoms with Crippen molar-refractivity contribution in [2.45, 2.75) is 58.0 Å². The molecule has 0 unspecified atom stereocenters. The molecule has 0 spiro atoms. The van der Waals surface area contributed by atoms with Crippen LogP contribution in [0.2, 0.25) is 5.02 Å². The van der Waals surface area contributed by atoms with Gasteiger partial charge in [-0.1, -0.05) is 29.8 Å². The van der Waals surface area contributed by atoms with Crippen LogP contribution >= 0.6 is 11.6 Å². The Morgan fingerprint density at radius 3 is 2.63 bits per heavy atom. The second kappa shape index (κ2) is 11.3. The summed E-state index contributed by atoms with van der Waals surface area (Å²) in [5.41, 5.74) is 2.25. The second-order valence-electron chi connectivity index (χ2n) is 11.1. The molecule has 2 fully saturated rings. The molecule has 1 aliphatic carbocycles. The summed E-state index contributed by atoms with van der Waals surface area (Å²) in [5.74, 6) is 1.48. The molecule has 0 radical (unpaired) electrons. The number of piperidine rings is 1. The number of likely N-dealkylation sites (tertiary alicyclic amines) is 1. The number of nitrogens with zero attached hydrogens (tertiary/aromatic N) is 4. The molecule has 1 saturated heterocycles. The minimum Gasteiger partial charge on any atom is -0.352 e. The molecule has 0 bridgehead atoms. The minimum absolute atomic E-state index is 0.0305. The van der Waals surface area contributed by atoms with E-state index in [0.29, 0.717) is 39.1 Å². The van der Waals surface area contributed by atoms with Crippen molar-refractivity contribution in [1.29, 1.82) is 5.26 Å². The van der Waals surface area contributed by atoms with Gasteiger partial charge in [0.05, 0.1) is 17.0 Å². The summed E-state index contributed by atoms with van der Waals surface area (Å²) >= 11 is 6.23. The van der Waals surface area contributed by atoms with Crippen LogP contribution in [-0.2, 0) is 11.3 Å². The number of benzene rings is 2. The second-order valence-corrected chi connectivity index (χ2v) is 11.5.